The van der Waals surface area contributed by atoms with Gasteiger partial charge in [-0.2, -0.15) is 0 Å². The molecule has 1 fully saturated rings. The lowest BCUT2D eigenvalue weighted by molar-refractivity contribution is 0.918. The maximum absolute atomic E-state index is 5.44. The number of hydrogen-bond donors (Lipinski definition) is 3. The maximum Gasteiger partial charge on any atom is 0.145 e. The van der Waals surface area contributed by atoms with E-state index in [0.717, 1.165) is 22.3 Å². The van der Waals surface area contributed by atoms with Gasteiger partial charge in [0.25, 0.3) is 0 Å². The van der Waals surface area contributed by atoms with Crippen molar-refractivity contribution >= 4 is 23.0 Å². The fourth-order valence-corrected chi connectivity index (χ4v) is 2.52. The summed E-state index contributed by atoms with van der Waals surface area (Å²) in [6, 6.07) is 1.81. The van der Waals surface area contributed by atoms with Gasteiger partial charge in [0.2, 0.25) is 0 Å². The molecule has 0 spiro atoms. The molecule has 0 saturated heterocycles. The Labute approximate surface area is 115 Å². The lowest BCUT2D eigenvalue weighted by atomic mass is 10.4. The Balaban J connectivity index is 1.74. The first kappa shape index (κ1) is 12.3. The molecule has 6 nitrogen and oxygen atoms in total. The normalized spacial score (nSPS) is 14.4. The molecule has 0 aliphatic heterocycles. The predicted octanol–water partition coefficient (Wildman–Crippen LogP) is 2.02. The van der Waals surface area contributed by atoms with Gasteiger partial charge in [0.05, 0.1) is 6.54 Å². The fraction of sp³-hybridized carbons (Fsp3) is 0.417. The first-order valence-electron chi connectivity index (χ1n) is 6.25. The summed E-state index contributed by atoms with van der Waals surface area (Å²) in [7, 11) is 0. The van der Waals surface area contributed by atoms with Crippen LogP contribution in [0, 0.1) is 6.92 Å². The summed E-state index contributed by atoms with van der Waals surface area (Å²) in [5.41, 5.74) is 3.64. The second-order valence-electron chi connectivity index (χ2n) is 4.65. The van der Waals surface area contributed by atoms with Gasteiger partial charge in [0, 0.05) is 23.1 Å². The highest BCUT2D eigenvalue weighted by Gasteiger charge is 2.27. The average Bonchev–Trinajstić information content (AvgIpc) is 3.19. The molecule has 2 heterocycles. The Bertz CT molecular complexity index is 577. The van der Waals surface area contributed by atoms with Crippen molar-refractivity contribution in [1.29, 1.82) is 0 Å². The highest BCUT2D eigenvalue weighted by Crippen LogP contribution is 2.38. The van der Waals surface area contributed by atoms with Gasteiger partial charge in [-0.15, -0.1) is 11.3 Å². The molecule has 0 radical (unpaired) electrons. The molecule has 1 aliphatic carbocycles. The molecule has 1 saturated carbocycles. The minimum Gasteiger partial charge on any atom is -0.363 e. The Hall–Kier alpha value is -1.73. The maximum atomic E-state index is 5.44. The molecule has 19 heavy (non-hydrogen) atoms. The number of anilines is 2. The van der Waals surface area contributed by atoms with Crippen molar-refractivity contribution < 1.29 is 0 Å². The van der Waals surface area contributed by atoms with E-state index in [9.17, 15) is 0 Å². The van der Waals surface area contributed by atoms with Gasteiger partial charge in [-0.1, -0.05) is 0 Å². The topological polar surface area (TPSA) is 88.8 Å². The molecule has 0 aromatic carbocycles. The van der Waals surface area contributed by atoms with E-state index in [1.165, 1.54) is 12.8 Å². The molecule has 1 aliphatic rings. The zero-order chi connectivity index (χ0) is 13.2. The number of nitrogens with two attached hydrogens (primary N) is 1. The third-order valence-corrected chi connectivity index (χ3v) is 3.89. The zero-order valence-corrected chi connectivity index (χ0v) is 11.5. The molecule has 2 aromatic heterocycles. The number of hydrogen-bond acceptors (Lipinski definition) is 7. The molecular weight excluding hydrogens is 260 g/mol. The van der Waals surface area contributed by atoms with Crippen molar-refractivity contribution in [3.8, 4) is 0 Å². The second kappa shape index (κ2) is 5.10. The van der Waals surface area contributed by atoms with E-state index in [4.69, 9.17) is 5.84 Å². The van der Waals surface area contributed by atoms with E-state index >= 15 is 0 Å². The number of aromatic nitrogens is 3. The van der Waals surface area contributed by atoms with Crippen LogP contribution in [-0.4, -0.2) is 15.0 Å². The predicted molar refractivity (Wildman–Crippen MR) is 76.0 cm³/mol. The van der Waals surface area contributed by atoms with Crippen molar-refractivity contribution in [3.05, 3.63) is 28.0 Å². The van der Waals surface area contributed by atoms with Crippen LogP contribution >= 0.6 is 11.3 Å². The van der Waals surface area contributed by atoms with Crippen LogP contribution in [-0.2, 0) is 6.54 Å². The number of thiazole rings is 1. The van der Waals surface area contributed by atoms with Gasteiger partial charge < -0.3 is 10.7 Å². The van der Waals surface area contributed by atoms with Crippen molar-refractivity contribution in [2.24, 2.45) is 5.84 Å². The number of nitrogens with one attached hydrogen (secondary N) is 2. The standard InChI is InChI=1S/C12H16N6S/c1-7-6-19-11(15-7)5-14-9-4-10(18-13)17-12(16-9)8-2-3-8/h4,6,8H,2-3,5,13H2,1H3,(H2,14,16,17,18). The van der Waals surface area contributed by atoms with Crippen LogP contribution in [0.4, 0.5) is 11.6 Å². The molecule has 3 rings (SSSR count). The minimum atomic E-state index is 0.496. The number of hydrazine groups is 1. The van der Waals surface area contributed by atoms with Crippen LogP contribution in [0.15, 0.2) is 11.4 Å². The fourth-order valence-electron chi connectivity index (χ4n) is 1.80. The summed E-state index contributed by atoms with van der Waals surface area (Å²) in [6.07, 6.45) is 2.33. The van der Waals surface area contributed by atoms with Gasteiger partial charge in [-0.3, -0.25) is 0 Å². The summed E-state index contributed by atoms with van der Waals surface area (Å²) in [4.78, 5) is 13.3. The molecular formula is C12H16N6S. The van der Waals surface area contributed by atoms with Crippen molar-refractivity contribution in [2.75, 3.05) is 10.7 Å². The molecule has 2 aromatic rings. The van der Waals surface area contributed by atoms with Gasteiger partial charge in [-0.25, -0.2) is 20.8 Å². The Morgan fingerprint density at radius 2 is 2.11 bits per heavy atom. The van der Waals surface area contributed by atoms with Crippen molar-refractivity contribution in [3.63, 3.8) is 0 Å². The van der Waals surface area contributed by atoms with E-state index < -0.39 is 0 Å². The zero-order valence-electron chi connectivity index (χ0n) is 10.7. The van der Waals surface area contributed by atoms with Crippen LogP contribution in [0.3, 0.4) is 0 Å². The molecule has 0 unspecified atom stereocenters. The molecule has 7 heteroatoms. The van der Waals surface area contributed by atoms with Gasteiger partial charge in [-0.05, 0) is 19.8 Å². The number of nitrogens with zero attached hydrogens (tertiary/aromatic N) is 3. The van der Waals surface area contributed by atoms with Crippen molar-refractivity contribution in [1.82, 2.24) is 15.0 Å². The summed E-state index contributed by atoms with van der Waals surface area (Å²) >= 11 is 1.64. The minimum absolute atomic E-state index is 0.496. The Kier molecular flexibility index (Phi) is 3.31. The Morgan fingerprint density at radius 3 is 2.74 bits per heavy atom. The summed E-state index contributed by atoms with van der Waals surface area (Å²) in [6.45, 7) is 2.66. The van der Waals surface area contributed by atoms with Crippen molar-refractivity contribution in [2.45, 2.75) is 32.2 Å². The quantitative estimate of drug-likeness (QED) is 0.572. The van der Waals surface area contributed by atoms with Crippen LogP contribution in [0.2, 0.25) is 0 Å². The van der Waals surface area contributed by atoms with Crippen LogP contribution in [0.1, 0.15) is 35.3 Å². The lowest BCUT2D eigenvalue weighted by Gasteiger charge is -2.08. The third-order valence-electron chi connectivity index (χ3n) is 2.92. The number of nitrogen functional groups attached to an aromatic ring is 1. The SMILES string of the molecule is Cc1csc(CNc2cc(NN)nc(C3CC3)n2)n1. The monoisotopic (exact) mass is 276 g/mol. The Morgan fingerprint density at radius 1 is 1.32 bits per heavy atom. The van der Waals surface area contributed by atoms with Crippen LogP contribution in [0.25, 0.3) is 0 Å². The van der Waals surface area contributed by atoms with E-state index in [1.54, 1.807) is 11.3 Å². The highest BCUT2D eigenvalue weighted by atomic mass is 32.1. The summed E-state index contributed by atoms with van der Waals surface area (Å²) in [5, 5.41) is 6.36. The third kappa shape index (κ3) is 2.99. The lowest BCUT2D eigenvalue weighted by Crippen LogP contribution is -2.12. The van der Waals surface area contributed by atoms with Gasteiger partial charge in [0.1, 0.15) is 22.5 Å². The average molecular weight is 276 g/mol. The van der Waals surface area contributed by atoms with E-state index in [2.05, 4.69) is 25.7 Å². The number of rotatable bonds is 5. The first-order valence-corrected chi connectivity index (χ1v) is 7.13. The first-order chi connectivity index (χ1) is 9.24. The number of aryl methyl sites for hydroxylation is 1. The van der Waals surface area contributed by atoms with E-state index in [-0.39, 0.29) is 0 Å². The molecule has 100 valence electrons. The smallest absolute Gasteiger partial charge is 0.145 e. The van der Waals surface area contributed by atoms with Gasteiger partial charge in [0.15, 0.2) is 0 Å². The second-order valence-corrected chi connectivity index (χ2v) is 5.59. The summed E-state index contributed by atoms with van der Waals surface area (Å²) in [5.74, 6) is 8.24. The molecule has 0 amide bonds. The van der Waals surface area contributed by atoms with Crippen LogP contribution in [0.5, 0.6) is 0 Å². The van der Waals surface area contributed by atoms with E-state index in [0.29, 0.717) is 18.3 Å². The van der Waals surface area contributed by atoms with Gasteiger partial charge >= 0.3 is 0 Å². The summed E-state index contributed by atoms with van der Waals surface area (Å²) < 4.78 is 0. The van der Waals surface area contributed by atoms with E-state index in [1.807, 2.05) is 18.4 Å². The largest absolute Gasteiger partial charge is 0.363 e. The molecule has 0 atom stereocenters. The molecule has 0 bridgehead atoms. The molecule has 4 N–H and O–H groups in total. The highest BCUT2D eigenvalue weighted by molar-refractivity contribution is 7.09. The van der Waals surface area contributed by atoms with Crippen LogP contribution < -0.4 is 16.6 Å².